The van der Waals surface area contributed by atoms with Gasteiger partial charge in [-0.2, -0.15) is 5.10 Å². The van der Waals surface area contributed by atoms with Crippen LogP contribution < -0.4 is 14.8 Å². The summed E-state index contributed by atoms with van der Waals surface area (Å²) in [5.41, 5.74) is 2.51. The zero-order valence-electron chi connectivity index (χ0n) is 15.2. The summed E-state index contributed by atoms with van der Waals surface area (Å²) in [6, 6.07) is 5.40. The van der Waals surface area contributed by atoms with Gasteiger partial charge in [0.2, 0.25) is 5.91 Å². The molecule has 0 unspecified atom stereocenters. The normalized spacial score (nSPS) is 13.1. The maximum Gasteiger partial charge on any atom is 0.238 e. The van der Waals surface area contributed by atoms with Crippen LogP contribution >= 0.6 is 11.6 Å². The van der Waals surface area contributed by atoms with Gasteiger partial charge < -0.3 is 14.8 Å². The highest BCUT2D eigenvalue weighted by Gasteiger charge is 2.17. The van der Waals surface area contributed by atoms with Gasteiger partial charge in [-0.3, -0.25) is 14.4 Å². The summed E-state index contributed by atoms with van der Waals surface area (Å²) in [4.78, 5) is 14.5. The number of hydrogen-bond donors (Lipinski definition) is 1. The van der Waals surface area contributed by atoms with Crippen molar-refractivity contribution in [3.8, 4) is 11.5 Å². The zero-order valence-corrected chi connectivity index (χ0v) is 16.0. The Labute approximate surface area is 157 Å². The lowest BCUT2D eigenvalue weighted by Gasteiger charge is -2.21. The maximum absolute atomic E-state index is 12.4. The fourth-order valence-electron chi connectivity index (χ4n) is 2.88. The average Bonchev–Trinajstić information content (AvgIpc) is 2.87. The third-order valence-corrected chi connectivity index (χ3v) is 4.76. The molecule has 1 aliphatic heterocycles. The number of fused-ring (bicyclic) bond motifs is 1. The van der Waals surface area contributed by atoms with Gasteiger partial charge in [-0.1, -0.05) is 18.5 Å². The average molecular weight is 379 g/mol. The van der Waals surface area contributed by atoms with Gasteiger partial charge >= 0.3 is 0 Å². The Morgan fingerprint density at radius 3 is 2.73 bits per heavy atom. The summed E-state index contributed by atoms with van der Waals surface area (Å²) < 4.78 is 12.7. The Morgan fingerprint density at radius 2 is 2.08 bits per heavy atom. The zero-order chi connectivity index (χ0) is 18.7. The third-order valence-electron chi connectivity index (χ3n) is 4.29. The van der Waals surface area contributed by atoms with Gasteiger partial charge in [0, 0.05) is 30.9 Å². The Balaban J connectivity index is 1.62. The Morgan fingerprint density at radius 1 is 1.35 bits per heavy atom. The van der Waals surface area contributed by atoms with Crippen molar-refractivity contribution in [1.82, 2.24) is 14.7 Å². The molecule has 0 aliphatic carbocycles. The molecule has 1 amide bonds. The van der Waals surface area contributed by atoms with E-state index < -0.39 is 0 Å². The summed E-state index contributed by atoms with van der Waals surface area (Å²) in [6.07, 6.45) is 0. The highest BCUT2D eigenvalue weighted by Crippen LogP contribution is 2.32. The number of nitrogens with one attached hydrogen (secondary N) is 1. The second-order valence-corrected chi connectivity index (χ2v) is 6.55. The molecule has 7 nitrogen and oxygen atoms in total. The van der Waals surface area contributed by atoms with Crippen molar-refractivity contribution in [2.24, 2.45) is 7.05 Å². The first-order valence-electron chi connectivity index (χ1n) is 8.57. The Hall–Kier alpha value is -2.25. The van der Waals surface area contributed by atoms with Crippen LogP contribution in [0.2, 0.25) is 5.15 Å². The standard InChI is InChI=1S/C18H23ClN4O3/c1-4-23(10-14-12(2)21-22(3)18(14)19)11-17(24)20-13-5-6-15-16(9-13)26-8-7-25-15/h5-6,9H,4,7-8,10-11H2,1-3H3,(H,20,24). The highest BCUT2D eigenvalue weighted by atomic mass is 35.5. The number of rotatable bonds is 6. The smallest absolute Gasteiger partial charge is 0.238 e. The predicted molar refractivity (Wildman–Crippen MR) is 100.0 cm³/mol. The van der Waals surface area contributed by atoms with E-state index in [9.17, 15) is 4.79 Å². The molecule has 0 saturated carbocycles. The lowest BCUT2D eigenvalue weighted by molar-refractivity contribution is -0.117. The molecule has 1 aliphatic rings. The van der Waals surface area contributed by atoms with Crippen molar-refractivity contribution < 1.29 is 14.3 Å². The van der Waals surface area contributed by atoms with Crippen molar-refractivity contribution in [3.05, 3.63) is 34.6 Å². The van der Waals surface area contributed by atoms with Crippen LogP contribution in [0, 0.1) is 6.92 Å². The van der Waals surface area contributed by atoms with Crippen LogP contribution in [0.3, 0.4) is 0 Å². The highest BCUT2D eigenvalue weighted by molar-refractivity contribution is 6.30. The van der Waals surface area contributed by atoms with Crippen molar-refractivity contribution in [1.29, 1.82) is 0 Å². The number of amides is 1. The van der Waals surface area contributed by atoms with E-state index in [1.807, 2.05) is 31.9 Å². The number of likely N-dealkylation sites (N-methyl/N-ethyl adjacent to an activating group) is 1. The molecular weight excluding hydrogens is 356 g/mol. The van der Waals surface area contributed by atoms with Crippen molar-refractivity contribution >= 4 is 23.2 Å². The van der Waals surface area contributed by atoms with E-state index in [-0.39, 0.29) is 12.5 Å². The van der Waals surface area contributed by atoms with Crippen LogP contribution in [0.15, 0.2) is 18.2 Å². The first kappa shape index (κ1) is 18.5. The molecule has 8 heteroatoms. The van der Waals surface area contributed by atoms with Gasteiger partial charge in [-0.15, -0.1) is 0 Å². The van der Waals surface area contributed by atoms with Gasteiger partial charge in [0.15, 0.2) is 11.5 Å². The fraction of sp³-hybridized carbons (Fsp3) is 0.444. The number of benzene rings is 1. The monoisotopic (exact) mass is 378 g/mol. The van der Waals surface area contributed by atoms with Crippen LogP contribution in [0.25, 0.3) is 0 Å². The number of halogens is 1. The number of nitrogens with zero attached hydrogens (tertiary/aromatic N) is 3. The molecule has 0 spiro atoms. The summed E-state index contributed by atoms with van der Waals surface area (Å²) in [7, 11) is 1.81. The molecule has 0 radical (unpaired) electrons. The van der Waals surface area contributed by atoms with Crippen LogP contribution in [-0.4, -0.2) is 46.9 Å². The third kappa shape index (κ3) is 4.11. The van der Waals surface area contributed by atoms with Crippen LogP contribution in [0.1, 0.15) is 18.2 Å². The van der Waals surface area contributed by atoms with Gasteiger partial charge in [0.25, 0.3) is 0 Å². The van der Waals surface area contributed by atoms with Crippen molar-refractivity contribution in [2.45, 2.75) is 20.4 Å². The second-order valence-electron chi connectivity index (χ2n) is 6.19. The van der Waals surface area contributed by atoms with E-state index in [1.54, 1.807) is 16.8 Å². The maximum atomic E-state index is 12.4. The number of carbonyl (C=O) groups excluding carboxylic acids is 1. The lowest BCUT2D eigenvalue weighted by atomic mass is 10.2. The Bertz CT molecular complexity index is 806. The lowest BCUT2D eigenvalue weighted by Crippen LogP contribution is -2.33. The largest absolute Gasteiger partial charge is 0.486 e. The van der Waals surface area contributed by atoms with E-state index in [4.69, 9.17) is 21.1 Å². The SMILES string of the molecule is CCN(CC(=O)Nc1ccc2c(c1)OCCO2)Cc1c(C)nn(C)c1Cl. The number of aromatic nitrogens is 2. The predicted octanol–water partition coefficient (Wildman–Crippen LogP) is 2.61. The molecule has 0 bridgehead atoms. The van der Waals surface area contributed by atoms with Gasteiger partial charge in [-0.05, 0) is 25.6 Å². The molecule has 1 aromatic heterocycles. The van der Waals surface area contributed by atoms with E-state index >= 15 is 0 Å². The van der Waals surface area contributed by atoms with Gasteiger partial charge in [0.05, 0.1) is 12.2 Å². The van der Waals surface area contributed by atoms with Crippen LogP contribution in [-0.2, 0) is 18.4 Å². The first-order valence-corrected chi connectivity index (χ1v) is 8.95. The molecule has 2 heterocycles. The number of aryl methyl sites for hydroxylation is 2. The quantitative estimate of drug-likeness (QED) is 0.836. The Kier molecular flexibility index (Phi) is 5.68. The molecule has 0 fully saturated rings. The van der Waals surface area contributed by atoms with E-state index in [2.05, 4.69) is 10.4 Å². The molecule has 140 valence electrons. The molecule has 3 rings (SSSR count). The van der Waals surface area contributed by atoms with E-state index in [1.165, 1.54) is 0 Å². The summed E-state index contributed by atoms with van der Waals surface area (Å²) in [6.45, 7) is 6.54. The molecule has 1 aromatic carbocycles. The van der Waals surface area contributed by atoms with Gasteiger partial charge in [-0.25, -0.2) is 0 Å². The minimum absolute atomic E-state index is 0.0961. The molecule has 0 saturated heterocycles. The van der Waals surface area contributed by atoms with E-state index in [0.717, 1.165) is 17.8 Å². The summed E-state index contributed by atoms with van der Waals surface area (Å²) in [5, 5.41) is 7.83. The summed E-state index contributed by atoms with van der Waals surface area (Å²) >= 11 is 6.30. The van der Waals surface area contributed by atoms with Crippen LogP contribution in [0.4, 0.5) is 5.69 Å². The molecule has 1 N–H and O–H groups in total. The van der Waals surface area contributed by atoms with Crippen molar-refractivity contribution in [3.63, 3.8) is 0 Å². The molecule has 26 heavy (non-hydrogen) atoms. The molecular formula is C18H23ClN4O3. The van der Waals surface area contributed by atoms with Gasteiger partial charge in [0.1, 0.15) is 18.4 Å². The molecule has 0 atom stereocenters. The fourth-order valence-corrected chi connectivity index (χ4v) is 3.12. The summed E-state index contributed by atoms with van der Waals surface area (Å²) in [5.74, 6) is 1.26. The van der Waals surface area contributed by atoms with Crippen LogP contribution in [0.5, 0.6) is 11.5 Å². The van der Waals surface area contributed by atoms with E-state index in [0.29, 0.717) is 42.1 Å². The minimum Gasteiger partial charge on any atom is -0.486 e. The number of ether oxygens (including phenoxy) is 2. The topological polar surface area (TPSA) is 68.6 Å². The minimum atomic E-state index is -0.0961. The molecule has 2 aromatic rings. The van der Waals surface area contributed by atoms with Crippen molar-refractivity contribution in [2.75, 3.05) is 31.6 Å². The second kappa shape index (κ2) is 7.97. The number of hydrogen-bond acceptors (Lipinski definition) is 5. The first-order chi connectivity index (χ1) is 12.5. The number of anilines is 1. The number of carbonyl (C=O) groups is 1.